The van der Waals surface area contributed by atoms with E-state index in [1.54, 1.807) is 7.05 Å². The molecule has 0 atom stereocenters. The molecule has 0 aliphatic heterocycles. The molecule has 88 valence electrons. The van der Waals surface area contributed by atoms with E-state index in [-0.39, 0.29) is 18.1 Å². The van der Waals surface area contributed by atoms with Crippen molar-refractivity contribution in [2.24, 2.45) is 0 Å². The number of amides is 2. The zero-order valence-electron chi connectivity index (χ0n) is 10.1. The highest BCUT2D eigenvalue weighted by atomic mass is 16.5. The van der Waals surface area contributed by atoms with Crippen molar-refractivity contribution in [1.29, 1.82) is 0 Å². The average Bonchev–Trinajstić information content (AvgIpc) is 2.00. The van der Waals surface area contributed by atoms with E-state index in [4.69, 9.17) is 4.74 Å². The molecule has 2 amide bonds. The fourth-order valence-corrected chi connectivity index (χ4v) is 0.775. The zero-order valence-corrected chi connectivity index (χ0v) is 10.1. The highest BCUT2D eigenvalue weighted by Crippen LogP contribution is 1.98. The molecular weight excluding hydrogens is 196 g/mol. The minimum Gasteiger partial charge on any atom is -0.448 e. The Kier molecular flexibility index (Phi) is 5.11. The van der Waals surface area contributed by atoms with Gasteiger partial charge in [0.2, 0.25) is 5.91 Å². The summed E-state index contributed by atoms with van der Waals surface area (Å²) in [5, 5.41) is 2.66. The van der Waals surface area contributed by atoms with Gasteiger partial charge in [-0.15, -0.1) is 0 Å². The largest absolute Gasteiger partial charge is 0.448 e. The molecule has 15 heavy (non-hydrogen) atoms. The molecule has 0 spiro atoms. The van der Waals surface area contributed by atoms with Crippen LogP contribution in [0, 0.1) is 0 Å². The van der Waals surface area contributed by atoms with Crippen molar-refractivity contribution in [2.75, 3.05) is 20.2 Å². The topological polar surface area (TPSA) is 58.6 Å². The fraction of sp³-hybridized carbons (Fsp3) is 0.800. The quantitative estimate of drug-likeness (QED) is 0.765. The van der Waals surface area contributed by atoms with Crippen molar-refractivity contribution in [3.8, 4) is 0 Å². The smallest absolute Gasteiger partial charge is 0.407 e. The lowest BCUT2D eigenvalue weighted by Gasteiger charge is -2.20. The maximum Gasteiger partial charge on any atom is 0.407 e. The Morgan fingerprint density at radius 3 is 2.27 bits per heavy atom. The molecule has 0 saturated carbocycles. The van der Waals surface area contributed by atoms with Crippen LogP contribution in [0.4, 0.5) is 4.79 Å². The van der Waals surface area contributed by atoms with Crippen LogP contribution in [0.25, 0.3) is 0 Å². The Hall–Kier alpha value is -1.26. The second-order valence-corrected chi connectivity index (χ2v) is 4.45. The van der Waals surface area contributed by atoms with Crippen LogP contribution in [0.15, 0.2) is 0 Å². The third-order valence-electron chi connectivity index (χ3n) is 1.67. The van der Waals surface area contributed by atoms with E-state index in [9.17, 15) is 9.59 Å². The van der Waals surface area contributed by atoms with Gasteiger partial charge in [-0.1, -0.05) is 0 Å². The molecule has 0 aromatic rings. The Balaban J connectivity index is 3.69. The van der Waals surface area contributed by atoms with E-state index in [0.717, 1.165) is 0 Å². The summed E-state index contributed by atoms with van der Waals surface area (Å²) >= 11 is 0. The van der Waals surface area contributed by atoms with Gasteiger partial charge in [-0.25, -0.2) is 4.79 Å². The van der Waals surface area contributed by atoms with E-state index in [1.807, 2.05) is 20.8 Å². The highest BCUT2D eigenvalue weighted by Gasteiger charge is 2.14. The third kappa shape index (κ3) is 7.78. The number of carbonyl (C=O) groups is 2. The summed E-state index contributed by atoms with van der Waals surface area (Å²) in [5.74, 6) is -0.0465. The van der Waals surface area contributed by atoms with E-state index in [1.165, 1.54) is 11.8 Å². The van der Waals surface area contributed by atoms with E-state index < -0.39 is 6.09 Å². The SMILES string of the molecule is CC(=O)N(C)CCOC(=O)NC(C)(C)C. The molecule has 0 aromatic carbocycles. The molecule has 0 heterocycles. The second-order valence-electron chi connectivity index (χ2n) is 4.45. The van der Waals surface area contributed by atoms with Gasteiger partial charge in [-0.3, -0.25) is 4.79 Å². The van der Waals surface area contributed by atoms with Gasteiger partial charge in [0.25, 0.3) is 0 Å². The normalized spacial score (nSPS) is 10.7. The summed E-state index contributed by atoms with van der Waals surface area (Å²) in [6.07, 6.45) is -0.459. The maximum absolute atomic E-state index is 11.2. The van der Waals surface area contributed by atoms with Crippen molar-refractivity contribution in [3.05, 3.63) is 0 Å². The predicted molar refractivity (Wildman–Crippen MR) is 57.5 cm³/mol. The van der Waals surface area contributed by atoms with E-state index >= 15 is 0 Å². The molecule has 0 bridgehead atoms. The minimum atomic E-state index is -0.459. The maximum atomic E-state index is 11.2. The first-order chi connectivity index (χ1) is 6.72. The molecule has 0 aromatic heterocycles. The van der Waals surface area contributed by atoms with Crippen molar-refractivity contribution in [2.45, 2.75) is 33.2 Å². The summed E-state index contributed by atoms with van der Waals surface area (Å²) in [5.41, 5.74) is -0.302. The Morgan fingerprint density at radius 2 is 1.87 bits per heavy atom. The lowest BCUT2D eigenvalue weighted by Crippen LogP contribution is -2.41. The lowest BCUT2D eigenvalue weighted by atomic mass is 10.1. The van der Waals surface area contributed by atoms with Crippen LogP contribution in [0.1, 0.15) is 27.7 Å². The van der Waals surface area contributed by atoms with Gasteiger partial charge in [-0.05, 0) is 20.8 Å². The van der Waals surface area contributed by atoms with Crippen molar-refractivity contribution >= 4 is 12.0 Å². The molecule has 5 heteroatoms. The molecule has 0 fully saturated rings. The van der Waals surface area contributed by atoms with Crippen molar-refractivity contribution < 1.29 is 14.3 Å². The number of nitrogens with zero attached hydrogens (tertiary/aromatic N) is 1. The van der Waals surface area contributed by atoms with Gasteiger partial charge in [0, 0.05) is 19.5 Å². The summed E-state index contributed by atoms with van der Waals surface area (Å²) in [6, 6.07) is 0. The molecule has 5 nitrogen and oxygen atoms in total. The number of nitrogens with one attached hydrogen (secondary N) is 1. The molecule has 0 aliphatic carbocycles. The Labute approximate surface area is 90.8 Å². The van der Waals surface area contributed by atoms with Crippen LogP contribution in [0.3, 0.4) is 0 Å². The number of likely N-dealkylation sites (N-methyl/N-ethyl adjacent to an activating group) is 1. The predicted octanol–water partition coefficient (Wildman–Crippen LogP) is 0.989. The van der Waals surface area contributed by atoms with Gasteiger partial charge < -0.3 is 15.0 Å². The molecule has 0 aliphatic rings. The molecule has 1 N–H and O–H groups in total. The van der Waals surface area contributed by atoms with Gasteiger partial charge in [0.05, 0.1) is 6.54 Å². The van der Waals surface area contributed by atoms with E-state index in [0.29, 0.717) is 6.54 Å². The van der Waals surface area contributed by atoms with Crippen LogP contribution < -0.4 is 5.32 Å². The van der Waals surface area contributed by atoms with Gasteiger partial charge in [0.15, 0.2) is 0 Å². The Bertz CT molecular complexity index is 233. The minimum absolute atomic E-state index is 0.0465. The van der Waals surface area contributed by atoms with Gasteiger partial charge in [-0.2, -0.15) is 0 Å². The first kappa shape index (κ1) is 13.7. The summed E-state index contributed by atoms with van der Waals surface area (Å²) < 4.78 is 4.89. The van der Waals surface area contributed by atoms with Crippen LogP contribution in [0.2, 0.25) is 0 Å². The molecule has 0 unspecified atom stereocenters. The third-order valence-corrected chi connectivity index (χ3v) is 1.67. The van der Waals surface area contributed by atoms with Crippen molar-refractivity contribution in [3.63, 3.8) is 0 Å². The fourth-order valence-electron chi connectivity index (χ4n) is 0.775. The second kappa shape index (κ2) is 5.58. The standard InChI is InChI=1S/C10H20N2O3/c1-8(13)12(5)6-7-15-9(14)11-10(2,3)4/h6-7H2,1-5H3,(H,11,14). The molecule has 0 rings (SSSR count). The average molecular weight is 216 g/mol. The van der Waals surface area contributed by atoms with Crippen molar-refractivity contribution in [1.82, 2.24) is 10.2 Å². The molecular formula is C10H20N2O3. The van der Waals surface area contributed by atoms with Crippen LogP contribution in [0.5, 0.6) is 0 Å². The number of carbonyl (C=O) groups excluding carboxylic acids is 2. The first-order valence-electron chi connectivity index (χ1n) is 4.89. The lowest BCUT2D eigenvalue weighted by molar-refractivity contribution is -0.128. The summed E-state index contributed by atoms with van der Waals surface area (Å²) in [7, 11) is 1.66. The van der Waals surface area contributed by atoms with E-state index in [2.05, 4.69) is 5.32 Å². The number of alkyl carbamates (subject to hydrolysis) is 1. The number of hydrogen-bond donors (Lipinski definition) is 1. The number of ether oxygens (including phenoxy) is 1. The van der Waals surface area contributed by atoms with Gasteiger partial charge in [0.1, 0.15) is 6.61 Å². The number of hydrogen-bond acceptors (Lipinski definition) is 3. The monoisotopic (exact) mass is 216 g/mol. The Morgan fingerprint density at radius 1 is 1.33 bits per heavy atom. The zero-order chi connectivity index (χ0) is 12.1. The number of rotatable bonds is 3. The molecule has 0 saturated heterocycles. The molecule has 0 radical (unpaired) electrons. The van der Waals surface area contributed by atoms with Crippen LogP contribution >= 0.6 is 0 Å². The highest BCUT2D eigenvalue weighted by molar-refractivity contribution is 5.72. The van der Waals surface area contributed by atoms with Crippen LogP contribution in [-0.4, -0.2) is 42.6 Å². The van der Waals surface area contributed by atoms with Crippen LogP contribution in [-0.2, 0) is 9.53 Å². The first-order valence-corrected chi connectivity index (χ1v) is 4.89. The van der Waals surface area contributed by atoms with Gasteiger partial charge >= 0.3 is 6.09 Å². The summed E-state index contributed by atoms with van der Waals surface area (Å²) in [6.45, 7) is 7.70. The summed E-state index contributed by atoms with van der Waals surface area (Å²) in [4.78, 5) is 23.5.